The Morgan fingerprint density at radius 2 is 2.31 bits per heavy atom. The molecule has 0 radical (unpaired) electrons. The number of rotatable bonds is 5. The van der Waals surface area contributed by atoms with Gasteiger partial charge in [-0.15, -0.1) is 0 Å². The molecule has 0 fully saturated rings. The van der Waals surface area contributed by atoms with Gasteiger partial charge in [0.2, 0.25) is 0 Å². The van der Waals surface area contributed by atoms with E-state index in [0.717, 1.165) is 18.8 Å². The second-order valence-corrected chi connectivity index (χ2v) is 4.01. The molecule has 0 spiro atoms. The topological polar surface area (TPSA) is 45.4 Å². The molecule has 13 heavy (non-hydrogen) atoms. The molecule has 0 aliphatic rings. The fourth-order valence-electron chi connectivity index (χ4n) is 0.993. The maximum Gasteiger partial charge on any atom is 0.117 e. The predicted octanol–water partition coefficient (Wildman–Crippen LogP) is 1.39. The van der Waals surface area contributed by atoms with Crippen LogP contribution in [-0.4, -0.2) is 18.3 Å². The molecule has 0 bridgehead atoms. The molecule has 2 N–H and O–H groups in total. The Balaban J connectivity index is 2.21. The standard InChI is InChI=1S/C10H17NO2/c1-10(2,8-12)7-11-6-9-4-3-5-13-9/h3-5,11-12H,6-8H2,1-2H3. The van der Waals surface area contributed by atoms with Crippen molar-refractivity contribution in [3.05, 3.63) is 24.2 Å². The normalized spacial score (nSPS) is 11.9. The van der Waals surface area contributed by atoms with Gasteiger partial charge in [0.25, 0.3) is 0 Å². The molecule has 0 amide bonds. The van der Waals surface area contributed by atoms with E-state index < -0.39 is 0 Å². The van der Waals surface area contributed by atoms with Crippen LogP contribution in [0.4, 0.5) is 0 Å². The van der Waals surface area contributed by atoms with Gasteiger partial charge in [0.05, 0.1) is 12.8 Å². The van der Waals surface area contributed by atoms with E-state index in [1.165, 1.54) is 0 Å². The number of furan rings is 1. The molecule has 0 aliphatic heterocycles. The Morgan fingerprint density at radius 1 is 1.54 bits per heavy atom. The summed E-state index contributed by atoms with van der Waals surface area (Å²) in [5, 5.41) is 12.2. The first-order valence-corrected chi connectivity index (χ1v) is 4.48. The lowest BCUT2D eigenvalue weighted by molar-refractivity contribution is 0.156. The van der Waals surface area contributed by atoms with Crippen LogP contribution in [0.3, 0.4) is 0 Å². The van der Waals surface area contributed by atoms with Crippen molar-refractivity contribution in [2.24, 2.45) is 5.41 Å². The maximum absolute atomic E-state index is 8.99. The van der Waals surface area contributed by atoms with Crippen LogP contribution in [0, 0.1) is 5.41 Å². The summed E-state index contributed by atoms with van der Waals surface area (Å²) < 4.78 is 5.16. The summed E-state index contributed by atoms with van der Waals surface area (Å²) in [5.74, 6) is 0.925. The summed E-state index contributed by atoms with van der Waals surface area (Å²) in [6.45, 7) is 5.73. The van der Waals surface area contributed by atoms with Crippen LogP contribution in [0.1, 0.15) is 19.6 Å². The molecule has 1 aromatic rings. The summed E-state index contributed by atoms with van der Waals surface area (Å²) in [7, 11) is 0. The molecule has 1 heterocycles. The van der Waals surface area contributed by atoms with Crippen molar-refractivity contribution in [2.45, 2.75) is 20.4 Å². The average Bonchev–Trinajstić information content (AvgIpc) is 2.57. The maximum atomic E-state index is 8.99. The first-order chi connectivity index (χ1) is 6.14. The first kappa shape index (κ1) is 10.3. The number of hydrogen-bond donors (Lipinski definition) is 2. The number of aliphatic hydroxyl groups is 1. The number of hydrogen-bond acceptors (Lipinski definition) is 3. The van der Waals surface area contributed by atoms with Crippen molar-refractivity contribution in [2.75, 3.05) is 13.2 Å². The van der Waals surface area contributed by atoms with Gasteiger partial charge in [0, 0.05) is 18.6 Å². The lowest BCUT2D eigenvalue weighted by atomic mass is 9.95. The summed E-state index contributed by atoms with van der Waals surface area (Å²) in [6.07, 6.45) is 1.66. The highest BCUT2D eigenvalue weighted by atomic mass is 16.3. The quantitative estimate of drug-likeness (QED) is 0.725. The fourth-order valence-corrected chi connectivity index (χ4v) is 0.993. The monoisotopic (exact) mass is 183 g/mol. The molecule has 0 unspecified atom stereocenters. The van der Waals surface area contributed by atoms with Gasteiger partial charge >= 0.3 is 0 Å². The highest BCUT2D eigenvalue weighted by Gasteiger charge is 2.15. The van der Waals surface area contributed by atoms with Crippen LogP contribution in [0.5, 0.6) is 0 Å². The van der Waals surface area contributed by atoms with Crippen molar-refractivity contribution >= 4 is 0 Å². The van der Waals surface area contributed by atoms with Crippen LogP contribution in [0.2, 0.25) is 0 Å². The molecule has 0 atom stereocenters. The van der Waals surface area contributed by atoms with E-state index in [2.05, 4.69) is 5.32 Å². The Hall–Kier alpha value is -0.800. The van der Waals surface area contributed by atoms with E-state index in [-0.39, 0.29) is 12.0 Å². The van der Waals surface area contributed by atoms with Gasteiger partial charge in [-0.2, -0.15) is 0 Å². The third-order valence-corrected chi connectivity index (χ3v) is 1.91. The fraction of sp³-hybridized carbons (Fsp3) is 0.600. The van der Waals surface area contributed by atoms with E-state index in [4.69, 9.17) is 9.52 Å². The number of nitrogens with one attached hydrogen (secondary N) is 1. The molecule has 1 aromatic heterocycles. The van der Waals surface area contributed by atoms with E-state index >= 15 is 0 Å². The van der Waals surface area contributed by atoms with Crippen LogP contribution in [0.25, 0.3) is 0 Å². The minimum Gasteiger partial charge on any atom is -0.468 e. The van der Waals surface area contributed by atoms with Crippen LogP contribution < -0.4 is 5.32 Å². The summed E-state index contributed by atoms with van der Waals surface area (Å²) in [6, 6.07) is 3.80. The minimum atomic E-state index is -0.0629. The number of aliphatic hydroxyl groups excluding tert-OH is 1. The van der Waals surface area contributed by atoms with E-state index in [9.17, 15) is 0 Å². The molecule has 0 aromatic carbocycles. The molecule has 74 valence electrons. The smallest absolute Gasteiger partial charge is 0.117 e. The molecule has 0 saturated carbocycles. The van der Waals surface area contributed by atoms with Crippen LogP contribution >= 0.6 is 0 Å². The van der Waals surface area contributed by atoms with Crippen LogP contribution in [-0.2, 0) is 6.54 Å². The molecule has 0 saturated heterocycles. The highest BCUT2D eigenvalue weighted by molar-refractivity contribution is 4.97. The van der Waals surface area contributed by atoms with E-state index in [0.29, 0.717) is 0 Å². The van der Waals surface area contributed by atoms with Crippen molar-refractivity contribution in [1.82, 2.24) is 5.32 Å². The predicted molar refractivity (Wildman–Crippen MR) is 51.3 cm³/mol. The second kappa shape index (κ2) is 4.44. The third kappa shape index (κ3) is 3.61. The lowest BCUT2D eigenvalue weighted by Crippen LogP contribution is -2.31. The Morgan fingerprint density at radius 3 is 2.85 bits per heavy atom. The van der Waals surface area contributed by atoms with Gasteiger partial charge in [0.15, 0.2) is 0 Å². The molecular formula is C10H17NO2. The second-order valence-electron chi connectivity index (χ2n) is 4.01. The first-order valence-electron chi connectivity index (χ1n) is 4.48. The Labute approximate surface area is 78.8 Å². The zero-order valence-corrected chi connectivity index (χ0v) is 8.21. The molecule has 0 aliphatic carbocycles. The van der Waals surface area contributed by atoms with E-state index in [1.54, 1.807) is 6.26 Å². The van der Waals surface area contributed by atoms with Gasteiger partial charge in [-0.1, -0.05) is 13.8 Å². The van der Waals surface area contributed by atoms with Crippen molar-refractivity contribution in [3.8, 4) is 0 Å². The van der Waals surface area contributed by atoms with Crippen molar-refractivity contribution in [3.63, 3.8) is 0 Å². The van der Waals surface area contributed by atoms with E-state index in [1.807, 2.05) is 26.0 Å². The lowest BCUT2D eigenvalue weighted by Gasteiger charge is -2.21. The molecule has 1 rings (SSSR count). The van der Waals surface area contributed by atoms with Gasteiger partial charge in [-0.05, 0) is 12.1 Å². The van der Waals surface area contributed by atoms with Crippen molar-refractivity contribution in [1.29, 1.82) is 0 Å². The largest absolute Gasteiger partial charge is 0.468 e. The minimum absolute atomic E-state index is 0.0629. The third-order valence-electron chi connectivity index (χ3n) is 1.91. The zero-order chi connectivity index (χ0) is 9.73. The average molecular weight is 183 g/mol. The van der Waals surface area contributed by atoms with Crippen molar-refractivity contribution < 1.29 is 9.52 Å². The highest BCUT2D eigenvalue weighted by Crippen LogP contribution is 2.11. The molecule has 3 nitrogen and oxygen atoms in total. The van der Waals surface area contributed by atoms with Gasteiger partial charge < -0.3 is 14.8 Å². The van der Waals surface area contributed by atoms with Crippen LogP contribution in [0.15, 0.2) is 22.8 Å². The van der Waals surface area contributed by atoms with Gasteiger partial charge in [0.1, 0.15) is 5.76 Å². The Kier molecular flexibility index (Phi) is 3.51. The van der Waals surface area contributed by atoms with Gasteiger partial charge in [-0.25, -0.2) is 0 Å². The van der Waals surface area contributed by atoms with Gasteiger partial charge in [-0.3, -0.25) is 0 Å². The summed E-state index contributed by atoms with van der Waals surface area (Å²) in [5.41, 5.74) is -0.0629. The Bertz CT molecular complexity index is 229. The summed E-state index contributed by atoms with van der Waals surface area (Å²) in [4.78, 5) is 0. The SMILES string of the molecule is CC(C)(CO)CNCc1ccco1. The molecule has 3 heteroatoms. The molecular weight excluding hydrogens is 166 g/mol. The zero-order valence-electron chi connectivity index (χ0n) is 8.21. The summed E-state index contributed by atoms with van der Waals surface area (Å²) >= 11 is 0.